The van der Waals surface area contributed by atoms with Crippen molar-refractivity contribution in [3.63, 3.8) is 0 Å². The molecule has 1 aliphatic heterocycles. The van der Waals surface area contributed by atoms with Crippen molar-refractivity contribution in [2.75, 3.05) is 52.4 Å². The smallest absolute Gasteiger partial charge is 0.191 e. The van der Waals surface area contributed by atoms with Gasteiger partial charge in [0.15, 0.2) is 5.96 Å². The highest BCUT2D eigenvalue weighted by molar-refractivity contribution is 14.0. The SMILES string of the molecule is CCCCNC(=NCC(C)N1CCN(CC)CC1)NCC.I. The zero-order valence-electron chi connectivity index (χ0n) is 14.9. The number of unbranched alkanes of at least 4 members (excludes halogenated alkanes) is 1. The maximum absolute atomic E-state index is 4.74. The van der Waals surface area contributed by atoms with E-state index in [0.29, 0.717) is 6.04 Å². The van der Waals surface area contributed by atoms with Crippen molar-refractivity contribution >= 4 is 29.9 Å². The van der Waals surface area contributed by atoms with E-state index < -0.39 is 0 Å². The molecule has 0 aromatic rings. The van der Waals surface area contributed by atoms with E-state index in [4.69, 9.17) is 4.99 Å². The first-order valence-electron chi connectivity index (χ1n) is 8.69. The molecule has 1 aliphatic rings. The molecule has 0 aromatic carbocycles. The number of nitrogens with zero attached hydrogens (tertiary/aromatic N) is 3. The Balaban J connectivity index is 0.00000441. The van der Waals surface area contributed by atoms with Gasteiger partial charge in [0.05, 0.1) is 6.54 Å². The van der Waals surface area contributed by atoms with Crippen LogP contribution >= 0.6 is 24.0 Å². The topological polar surface area (TPSA) is 42.9 Å². The number of rotatable bonds is 8. The number of piperazine rings is 1. The van der Waals surface area contributed by atoms with Crippen LogP contribution in [0.3, 0.4) is 0 Å². The lowest BCUT2D eigenvalue weighted by Crippen LogP contribution is -2.50. The van der Waals surface area contributed by atoms with E-state index in [0.717, 1.165) is 25.6 Å². The first kappa shape index (κ1) is 21.9. The predicted octanol–water partition coefficient (Wildman–Crippen LogP) is 1.99. The zero-order chi connectivity index (χ0) is 15.5. The standard InChI is InChI=1S/C16H35N5.HI/c1-5-8-9-18-16(17-6-2)19-14-15(4)21-12-10-20(7-3)11-13-21;/h15H,5-14H2,1-4H3,(H2,17,18,19);1H. The molecule has 0 aliphatic carbocycles. The molecule has 0 radical (unpaired) electrons. The van der Waals surface area contributed by atoms with Gasteiger partial charge in [-0.25, -0.2) is 0 Å². The van der Waals surface area contributed by atoms with E-state index >= 15 is 0 Å². The third-order valence-corrected chi connectivity index (χ3v) is 4.16. The summed E-state index contributed by atoms with van der Waals surface area (Å²) in [7, 11) is 0. The molecule has 0 aromatic heterocycles. The van der Waals surface area contributed by atoms with Crippen LogP contribution in [-0.2, 0) is 0 Å². The summed E-state index contributed by atoms with van der Waals surface area (Å²) in [6.07, 6.45) is 2.41. The summed E-state index contributed by atoms with van der Waals surface area (Å²) >= 11 is 0. The van der Waals surface area contributed by atoms with Crippen LogP contribution in [0.4, 0.5) is 0 Å². The van der Waals surface area contributed by atoms with Crippen molar-refractivity contribution in [1.82, 2.24) is 20.4 Å². The number of nitrogens with one attached hydrogen (secondary N) is 2. The number of guanidine groups is 1. The van der Waals surface area contributed by atoms with Gasteiger partial charge in [-0.15, -0.1) is 24.0 Å². The second-order valence-electron chi connectivity index (χ2n) is 5.82. The van der Waals surface area contributed by atoms with E-state index in [-0.39, 0.29) is 24.0 Å². The number of hydrogen-bond acceptors (Lipinski definition) is 3. The minimum absolute atomic E-state index is 0. The fourth-order valence-electron chi connectivity index (χ4n) is 2.58. The molecule has 1 rings (SSSR count). The largest absolute Gasteiger partial charge is 0.357 e. The Bertz CT molecular complexity index is 290. The number of likely N-dealkylation sites (N-methyl/N-ethyl adjacent to an activating group) is 1. The molecule has 1 heterocycles. The Morgan fingerprint density at radius 3 is 2.32 bits per heavy atom. The van der Waals surface area contributed by atoms with E-state index in [1.54, 1.807) is 0 Å². The second-order valence-corrected chi connectivity index (χ2v) is 5.82. The Morgan fingerprint density at radius 2 is 1.77 bits per heavy atom. The highest BCUT2D eigenvalue weighted by Crippen LogP contribution is 2.06. The summed E-state index contributed by atoms with van der Waals surface area (Å²) in [6, 6.07) is 0.519. The van der Waals surface area contributed by atoms with Crippen molar-refractivity contribution in [3.05, 3.63) is 0 Å². The molecule has 0 saturated carbocycles. The molecular weight excluding hydrogens is 389 g/mol. The van der Waals surface area contributed by atoms with Crippen LogP contribution in [0.15, 0.2) is 4.99 Å². The Kier molecular flexibility index (Phi) is 13.3. The van der Waals surface area contributed by atoms with Gasteiger partial charge in [0.1, 0.15) is 0 Å². The van der Waals surface area contributed by atoms with Crippen molar-refractivity contribution < 1.29 is 0 Å². The molecule has 132 valence electrons. The monoisotopic (exact) mass is 425 g/mol. The Hall–Kier alpha value is -0.0800. The minimum atomic E-state index is 0. The predicted molar refractivity (Wildman–Crippen MR) is 107 cm³/mol. The summed E-state index contributed by atoms with van der Waals surface area (Å²) in [5.41, 5.74) is 0. The van der Waals surface area contributed by atoms with Crippen LogP contribution in [-0.4, -0.2) is 74.2 Å². The van der Waals surface area contributed by atoms with Gasteiger partial charge in [0, 0.05) is 45.3 Å². The Labute approximate surface area is 154 Å². The van der Waals surface area contributed by atoms with Crippen molar-refractivity contribution in [2.45, 2.75) is 46.6 Å². The maximum atomic E-state index is 4.74. The van der Waals surface area contributed by atoms with Crippen LogP contribution in [0.2, 0.25) is 0 Å². The first-order valence-corrected chi connectivity index (χ1v) is 8.69. The van der Waals surface area contributed by atoms with E-state index in [2.05, 4.69) is 48.1 Å². The van der Waals surface area contributed by atoms with E-state index in [9.17, 15) is 0 Å². The highest BCUT2D eigenvalue weighted by atomic mass is 127. The molecule has 0 amide bonds. The molecule has 1 saturated heterocycles. The van der Waals surface area contributed by atoms with Gasteiger partial charge in [0.25, 0.3) is 0 Å². The third kappa shape index (κ3) is 8.53. The van der Waals surface area contributed by atoms with Gasteiger partial charge in [0.2, 0.25) is 0 Å². The van der Waals surface area contributed by atoms with Crippen LogP contribution in [0, 0.1) is 0 Å². The molecule has 0 bridgehead atoms. The van der Waals surface area contributed by atoms with Crippen molar-refractivity contribution in [2.24, 2.45) is 4.99 Å². The third-order valence-electron chi connectivity index (χ3n) is 4.16. The van der Waals surface area contributed by atoms with Crippen LogP contribution in [0.5, 0.6) is 0 Å². The fraction of sp³-hybridized carbons (Fsp3) is 0.938. The molecule has 2 N–H and O–H groups in total. The second kappa shape index (κ2) is 13.4. The maximum Gasteiger partial charge on any atom is 0.191 e. The van der Waals surface area contributed by atoms with Crippen LogP contribution in [0.25, 0.3) is 0 Å². The zero-order valence-corrected chi connectivity index (χ0v) is 17.2. The van der Waals surface area contributed by atoms with E-state index in [1.807, 2.05) is 0 Å². The average Bonchev–Trinajstić information content (AvgIpc) is 2.52. The number of hydrogen-bond donors (Lipinski definition) is 2. The minimum Gasteiger partial charge on any atom is -0.357 e. The molecule has 22 heavy (non-hydrogen) atoms. The quantitative estimate of drug-likeness (QED) is 0.270. The highest BCUT2D eigenvalue weighted by Gasteiger charge is 2.19. The van der Waals surface area contributed by atoms with Gasteiger partial charge in [-0.1, -0.05) is 20.3 Å². The van der Waals surface area contributed by atoms with Crippen LogP contribution < -0.4 is 10.6 Å². The fourth-order valence-corrected chi connectivity index (χ4v) is 2.58. The van der Waals surface area contributed by atoms with Gasteiger partial charge < -0.3 is 15.5 Å². The van der Waals surface area contributed by atoms with Crippen LogP contribution in [0.1, 0.15) is 40.5 Å². The lowest BCUT2D eigenvalue weighted by atomic mass is 10.2. The van der Waals surface area contributed by atoms with Crippen molar-refractivity contribution in [1.29, 1.82) is 0 Å². The average molecular weight is 425 g/mol. The lowest BCUT2D eigenvalue weighted by Gasteiger charge is -2.37. The van der Waals surface area contributed by atoms with E-state index in [1.165, 1.54) is 45.6 Å². The van der Waals surface area contributed by atoms with Crippen molar-refractivity contribution in [3.8, 4) is 0 Å². The first-order chi connectivity index (χ1) is 10.2. The Morgan fingerprint density at radius 1 is 1.09 bits per heavy atom. The molecular formula is C16H36IN5. The molecule has 5 nitrogen and oxygen atoms in total. The molecule has 1 atom stereocenters. The summed E-state index contributed by atoms with van der Waals surface area (Å²) in [5, 5.41) is 6.74. The normalized spacial score (nSPS) is 18.6. The number of aliphatic imine (C=N–C) groups is 1. The van der Waals surface area contributed by atoms with Gasteiger partial charge >= 0.3 is 0 Å². The number of halogens is 1. The van der Waals surface area contributed by atoms with Gasteiger partial charge in [-0.2, -0.15) is 0 Å². The summed E-state index contributed by atoms with van der Waals surface area (Å²) in [5.74, 6) is 0.963. The summed E-state index contributed by atoms with van der Waals surface area (Å²) < 4.78 is 0. The van der Waals surface area contributed by atoms with Gasteiger partial charge in [-0.3, -0.25) is 9.89 Å². The summed E-state index contributed by atoms with van der Waals surface area (Å²) in [4.78, 5) is 9.82. The summed E-state index contributed by atoms with van der Waals surface area (Å²) in [6.45, 7) is 17.6. The molecule has 1 unspecified atom stereocenters. The molecule has 0 spiro atoms. The molecule has 1 fully saturated rings. The van der Waals surface area contributed by atoms with Gasteiger partial charge in [-0.05, 0) is 26.8 Å². The lowest BCUT2D eigenvalue weighted by molar-refractivity contribution is 0.109. The molecule has 6 heteroatoms.